The molecule has 0 fully saturated rings. The van der Waals surface area contributed by atoms with Crippen molar-refractivity contribution in [2.75, 3.05) is 0 Å². The summed E-state index contributed by atoms with van der Waals surface area (Å²) in [6.45, 7) is 1.96. The van der Waals surface area contributed by atoms with Gasteiger partial charge in [0.05, 0.1) is 10.6 Å². The standard InChI is InChI=1S/C14H14N2O2S/c1-2-12(10-5-7-11(17)8-6-10)15-16-14(18)13-4-3-9-19-13/h3-9,17H,2H2,1H3,(H,16,18)/b15-12+. The lowest BCUT2D eigenvalue weighted by Gasteiger charge is -2.04. The molecule has 2 N–H and O–H groups in total. The fourth-order valence-electron chi connectivity index (χ4n) is 1.58. The van der Waals surface area contributed by atoms with Gasteiger partial charge in [-0.3, -0.25) is 4.79 Å². The Morgan fingerprint density at radius 3 is 2.63 bits per heavy atom. The predicted octanol–water partition coefficient (Wildman–Crippen LogP) is 3.00. The smallest absolute Gasteiger partial charge is 0.281 e. The molecule has 1 heterocycles. The van der Waals surface area contributed by atoms with Crippen molar-refractivity contribution >= 4 is 23.0 Å². The van der Waals surface area contributed by atoms with Gasteiger partial charge in [0.15, 0.2) is 0 Å². The van der Waals surface area contributed by atoms with Crippen LogP contribution >= 0.6 is 11.3 Å². The molecule has 0 unspecified atom stereocenters. The second kappa shape index (κ2) is 6.15. The van der Waals surface area contributed by atoms with Crippen LogP contribution in [0.25, 0.3) is 0 Å². The van der Waals surface area contributed by atoms with E-state index in [2.05, 4.69) is 10.5 Å². The molecule has 2 rings (SSSR count). The minimum absolute atomic E-state index is 0.209. The zero-order valence-corrected chi connectivity index (χ0v) is 11.3. The number of carbonyl (C=O) groups is 1. The highest BCUT2D eigenvalue weighted by Gasteiger charge is 2.06. The number of aromatic hydroxyl groups is 1. The minimum Gasteiger partial charge on any atom is -0.508 e. The van der Waals surface area contributed by atoms with E-state index < -0.39 is 0 Å². The maximum atomic E-state index is 11.8. The fourth-order valence-corrected chi connectivity index (χ4v) is 2.20. The van der Waals surface area contributed by atoms with Gasteiger partial charge in [-0.1, -0.05) is 13.0 Å². The second-order valence-corrected chi connectivity index (χ2v) is 4.82. The van der Waals surface area contributed by atoms with Gasteiger partial charge < -0.3 is 5.11 Å². The molecule has 0 saturated carbocycles. The van der Waals surface area contributed by atoms with E-state index in [1.54, 1.807) is 30.3 Å². The number of hydrazone groups is 1. The van der Waals surface area contributed by atoms with Crippen LogP contribution in [-0.4, -0.2) is 16.7 Å². The largest absolute Gasteiger partial charge is 0.508 e. The third-order valence-corrected chi connectivity index (χ3v) is 3.44. The number of hydrogen-bond acceptors (Lipinski definition) is 4. The van der Waals surface area contributed by atoms with Crippen molar-refractivity contribution in [2.45, 2.75) is 13.3 Å². The van der Waals surface area contributed by atoms with Crippen LogP contribution in [-0.2, 0) is 0 Å². The molecule has 1 amide bonds. The molecule has 0 bridgehead atoms. The third kappa shape index (κ3) is 3.42. The number of benzene rings is 1. The number of thiophene rings is 1. The molecule has 5 heteroatoms. The van der Waals surface area contributed by atoms with E-state index in [1.807, 2.05) is 18.4 Å². The molecule has 4 nitrogen and oxygen atoms in total. The van der Waals surface area contributed by atoms with E-state index in [0.717, 1.165) is 11.3 Å². The average molecular weight is 274 g/mol. The highest BCUT2D eigenvalue weighted by molar-refractivity contribution is 7.12. The normalized spacial score (nSPS) is 11.3. The van der Waals surface area contributed by atoms with Crippen molar-refractivity contribution in [3.63, 3.8) is 0 Å². The van der Waals surface area contributed by atoms with Gasteiger partial charge in [-0.25, -0.2) is 5.43 Å². The van der Waals surface area contributed by atoms with Crippen molar-refractivity contribution in [2.24, 2.45) is 5.10 Å². The van der Waals surface area contributed by atoms with E-state index in [-0.39, 0.29) is 11.7 Å². The first-order chi connectivity index (χ1) is 9.20. The van der Waals surface area contributed by atoms with Crippen LogP contribution in [0.15, 0.2) is 46.9 Å². The number of amides is 1. The highest BCUT2D eigenvalue weighted by atomic mass is 32.1. The summed E-state index contributed by atoms with van der Waals surface area (Å²) in [5.74, 6) is 0.00144. The number of rotatable bonds is 4. The van der Waals surface area contributed by atoms with E-state index in [4.69, 9.17) is 0 Å². The van der Waals surface area contributed by atoms with Crippen molar-refractivity contribution < 1.29 is 9.90 Å². The fraction of sp³-hybridized carbons (Fsp3) is 0.143. The first-order valence-corrected chi connectivity index (χ1v) is 6.78. The summed E-state index contributed by atoms with van der Waals surface area (Å²) in [5, 5.41) is 15.2. The van der Waals surface area contributed by atoms with Gasteiger partial charge >= 0.3 is 0 Å². The van der Waals surface area contributed by atoms with E-state index in [9.17, 15) is 9.90 Å². The van der Waals surface area contributed by atoms with Crippen LogP contribution in [0.2, 0.25) is 0 Å². The maximum Gasteiger partial charge on any atom is 0.281 e. The first kappa shape index (κ1) is 13.3. The predicted molar refractivity (Wildman–Crippen MR) is 76.7 cm³/mol. The highest BCUT2D eigenvalue weighted by Crippen LogP contribution is 2.12. The monoisotopic (exact) mass is 274 g/mol. The molecule has 0 spiro atoms. The van der Waals surface area contributed by atoms with Crippen molar-refractivity contribution in [1.82, 2.24) is 5.43 Å². The van der Waals surface area contributed by atoms with Crippen molar-refractivity contribution in [3.05, 3.63) is 52.2 Å². The Bertz CT molecular complexity index is 574. The van der Waals surface area contributed by atoms with E-state index in [0.29, 0.717) is 11.3 Å². The molecule has 98 valence electrons. The Balaban J connectivity index is 2.11. The first-order valence-electron chi connectivity index (χ1n) is 5.90. The summed E-state index contributed by atoms with van der Waals surface area (Å²) in [5.41, 5.74) is 4.20. The van der Waals surface area contributed by atoms with Gasteiger partial charge in [-0.05, 0) is 47.7 Å². The Morgan fingerprint density at radius 2 is 2.05 bits per heavy atom. The summed E-state index contributed by atoms with van der Waals surface area (Å²) >= 11 is 1.37. The van der Waals surface area contributed by atoms with Crippen LogP contribution in [0.1, 0.15) is 28.6 Å². The Hall–Kier alpha value is -2.14. The quantitative estimate of drug-likeness (QED) is 0.665. The Labute approximate surface area is 115 Å². The SMILES string of the molecule is CC/C(=N\NC(=O)c1cccs1)c1ccc(O)cc1. The van der Waals surface area contributed by atoms with Crippen LogP contribution < -0.4 is 5.43 Å². The van der Waals surface area contributed by atoms with Crippen LogP contribution in [0.4, 0.5) is 0 Å². The van der Waals surface area contributed by atoms with Gasteiger partial charge in [0.25, 0.3) is 5.91 Å². The van der Waals surface area contributed by atoms with Crippen LogP contribution in [0.3, 0.4) is 0 Å². The molecule has 2 aromatic rings. The van der Waals surface area contributed by atoms with E-state index in [1.165, 1.54) is 11.3 Å². The molecular formula is C14H14N2O2S. The molecule has 0 atom stereocenters. The lowest BCUT2D eigenvalue weighted by Crippen LogP contribution is -2.18. The molecule has 19 heavy (non-hydrogen) atoms. The summed E-state index contributed by atoms with van der Waals surface area (Å²) in [7, 11) is 0. The van der Waals surface area contributed by atoms with Gasteiger partial charge in [0.1, 0.15) is 5.75 Å². The zero-order chi connectivity index (χ0) is 13.7. The number of nitrogens with zero attached hydrogens (tertiary/aromatic N) is 1. The average Bonchev–Trinajstić information content (AvgIpc) is 2.95. The molecule has 0 radical (unpaired) electrons. The Kier molecular flexibility index (Phi) is 4.30. The molecule has 0 aliphatic heterocycles. The van der Waals surface area contributed by atoms with Crippen LogP contribution in [0.5, 0.6) is 5.75 Å². The number of phenolic OH excluding ortho intramolecular Hbond substituents is 1. The third-order valence-electron chi connectivity index (χ3n) is 2.57. The van der Waals surface area contributed by atoms with Gasteiger partial charge in [-0.15, -0.1) is 11.3 Å². The van der Waals surface area contributed by atoms with E-state index >= 15 is 0 Å². The molecule has 0 saturated heterocycles. The second-order valence-electron chi connectivity index (χ2n) is 3.88. The van der Waals surface area contributed by atoms with Crippen molar-refractivity contribution in [1.29, 1.82) is 0 Å². The van der Waals surface area contributed by atoms with Gasteiger partial charge in [-0.2, -0.15) is 5.10 Å². The molecule has 0 aliphatic rings. The van der Waals surface area contributed by atoms with Gasteiger partial charge in [0, 0.05) is 0 Å². The summed E-state index contributed by atoms with van der Waals surface area (Å²) in [4.78, 5) is 12.4. The topological polar surface area (TPSA) is 61.7 Å². The Morgan fingerprint density at radius 1 is 1.32 bits per heavy atom. The minimum atomic E-state index is -0.209. The maximum absolute atomic E-state index is 11.8. The number of hydrogen-bond donors (Lipinski definition) is 2. The lowest BCUT2D eigenvalue weighted by molar-refractivity contribution is 0.0959. The molecule has 1 aromatic carbocycles. The van der Waals surface area contributed by atoms with Crippen molar-refractivity contribution in [3.8, 4) is 5.75 Å². The summed E-state index contributed by atoms with van der Waals surface area (Å²) < 4.78 is 0. The van der Waals surface area contributed by atoms with Crippen LogP contribution in [0, 0.1) is 0 Å². The number of carbonyl (C=O) groups excluding carboxylic acids is 1. The number of nitrogens with one attached hydrogen (secondary N) is 1. The molecular weight excluding hydrogens is 260 g/mol. The van der Waals surface area contributed by atoms with Gasteiger partial charge in [0.2, 0.25) is 0 Å². The summed E-state index contributed by atoms with van der Waals surface area (Å²) in [6, 6.07) is 10.3. The molecule has 0 aliphatic carbocycles. The zero-order valence-electron chi connectivity index (χ0n) is 10.5. The summed E-state index contributed by atoms with van der Waals surface area (Å²) in [6.07, 6.45) is 0.690. The number of phenols is 1. The molecule has 1 aromatic heterocycles. The lowest BCUT2D eigenvalue weighted by atomic mass is 10.1.